The lowest BCUT2D eigenvalue weighted by Crippen LogP contribution is -2.09. The Bertz CT molecular complexity index is 287. The number of hydrogen-bond donors (Lipinski definition) is 0. The summed E-state index contributed by atoms with van der Waals surface area (Å²) in [6, 6.07) is 7.67. The maximum Gasteiger partial charge on any atom is 0.142 e. The van der Waals surface area contributed by atoms with Crippen molar-refractivity contribution < 1.29 is 0 Å². The molecule has 68 valence electrons. The van der Waals surface area contributed by atoms with Crippen molar-refractivity contribution in [1.82, 2.24) is 0 Å². The van der Waals surface area contributed by atoms with E-state index in [2.05, 4.69) is 10.4 Å². The molecule has 0 aliphatic heterocycles. The molecule has 2 unspecified atom stereocenters. The van der Waals surface area contributed by atoms with Gasteiger partial charge in [0.2, 0.25) is 0 Å². The summed E-state index contributed by atoms with van der Waals surface area (Å²) in [5, 5.41) is 5.68. The molecule has 0 spiro atoms. The summed E-state index contributed by atoms with van der Waals surface area (Å²) in [7, 11) is 0. The van der Waals surface area contributed by atoms with Crippen LogP contribution in [0.4, 0.5) is 0 Å². The summed E-state index contributed by atoms with van der Waals surface area (Å²) in [5.41, 5.74) is 0.726. The first-order chi connectivity index (χ1) is 6.29. The third-order valence-electron chi connectivity index (χ3n) is 1.88. The fraction of sp³-hybridized carbons (Fsp3) is 0.333. The highest BCUT2D eigenvalue weighted by Crippen LogP contribution is 2.22. The van der Waals surface area contributed by atoms with E-state index in [0.29, 0.717) is 0 Å². The monoisotopic (exact) mass is 178 g/mol. The predicted molar refractivity (Wildman–Crippen MR) is 50.2 cm³/mol. The molecule has 0 amide bonds. The lowest BCUT2D eigenvalue weighted by atomic mass is 10.0. The first kappa shape index (κ1) is 9.51. The predicted octanol–water partition coefficient (Wildman–Crippen LogP) is 2.65. The van der Waals surface area contributed by atoms with Crippen LogP contribution < -0.4 is 0 Å². The van der Waals surface area contributed by atoms with Gasteiger partial charge in [0, 0.05) is 0 Å². The molecule has 0 bridgehead atoms. The van der Waals surface area contributed by atoms with Crippen molar-refractivity contribution in [2.75, 3.05) is 0 Å². The molecule has 4 heteroatoms. The molecule has 4 nitrogen and oxygen atoms in total. The van der Waals surface area contributed by atoms with Gasteiger partial charge in [0.25, 0.3) is 0 Å². The maximum absolute atomic E-state index is 10.5. The second-order valence-corrected chi connectivity index (χ2v) is 2.81. The van der Waals surface area contributed by atoms with E-state index in [1.54, 1.807) is 31.2 Å². The van der Waals surface area contributed by atoms with Crippen molar-refractivity contribution in [2.24, 2.45) is 10.4 Å². The largest absolute Gasteiger partial charge is 0.150 e. The summed E-state index contributed by atoms with van der Waals surface area (Å²) in [6.07, 6.45) is 0. The number of nitroso groups, excluding NO2 is 2. The van der Waals surface area contributed by atoms with Gasteiger partial charge >= 0.3 is 0 Å². The molecule has 1 aromatic carbocycles. The molecular weight excluding hydrogens is 168 g/mol. The van der Waals surface area contributed by atoms with Gasteiger partial charge in [0.1, 0.15) is 12.1 Å². The van der Waals surface area contributed by atoms with Crippen LogP contribution in [0.3, 0.4) is 0 Å². The Hall–Kier alpha value is -1.58. The number of nitrogens with zero attached hydrogens (tertiary/aromatic N) is 2. The van der Waals surface area contributed by atoms with Crippen molar-refractivity contribution in [2.45, 2.75) is 19.0 Å². The third kappa shape index (κ3) is 2.18. The fourth-order valence-corrected chi connectivity index (χ4v) is 1.14. The minimum atomic E-state index is -0.668. The molecule has 0 saturated heterocycles. The van der Waals surface area contributed by atoms with Gasteiger partial charge in [-0.2, -0.15) is 9.81 Å². The van der Waals surface area contributed by atoms with Crippen LogP contribution in [0.5, 0.6) is 0 Å². The highest BCUT2D eigenvalue weighted by molar-refractivity contribution is 5.20. The van der Waals surface area contributed by atoms with Crippen LogP contribution in [0.15, 0.2) is 40.7 Å². The van der Waals surface area contributed by atoms with E-state index in [4.69, 9.17) is 0 Å². The van der Waals surface area contributed by atoms with Gasteiger partial charge in [-0.25, -0.2) is 0 Å². The van der Waals surface area contributed by atoms with E-state index in [-0.39, 0.29) is 0 Å². The molecule has 0 radical (unpaired) electrons. The quantitative estimate of drug-likeness (QED) is 0.665. The molecule has 0 aliphatic carbocycles. The fourth-order valence-electron chi connectivity index (χ4n) is 1.14. The minimum absolute atomic E-state index is 0.611. The van der Waals surface area contributed by atoms with Crippen LogP contribution in [0.1, 0.15) is 18.5 Å². The Labute approximate surface area is 75.9 Å². The first-order valence-corrected chi connectivity index (χ1v) is 3.99. The standard InChI is InChI=1S/C9H10N2O2/c1-7(10-12)9(11-13)8-5-3-2-4-6-8/h2-7,9H,1H3. The van der Waals surface area contributed by atoms with Gasteiger partial charge in [-0.05, 0) is 12.5 Å². The van der Waals surface area contributed by atoms with E-state index in [1.807, 2.05) is 6.07 Å². The zero-order valence-corrected chi connectivity index (χ0v) is 7.25. The molecule has 0 heterocycles. The lowest BCUT2D eigenvalue weighted by molar-refractivity contribution is 0.586. The molecule has 1 aromatic rings. The topological polar surface area (TPSA) is 58.9 Å². The van der Waals surface area contributed by atoms with Crippen molar-refractivity contribution in [1.29, 1.82) is 0 Å². The summed E-state index contributed by atoms with van der Waals surface area (Å²) in [5.74, 6) is 0. The molecule has 1 rings (SSSR count). The van der Waals surface area contributed by atoms with E-state index in [9.17, 15) is 9.81 Å². The normalized spacial score (nSPS) is 14.5. The van der Waals surface area contributed by atoms with E-state index >= 15 is 0 Å². The molecule has 2 atom stereocenters. The number of hydrogen-bond acceptors (Lipinski definition) is 4. The lowest BCUT2D eigenvalue weighted by Gasteiger charge is -2.09. The van der Waals surface area contributed by atoms with Gasteiger partial charge in [-0.15, -0.1) is 0 Å². The molecule has 0 N–H and O–H groups in total. The molecular formula is C9H10N2O2. The Kier molecular flexibility index (Phi) is 3.25. The molecule has 0 saturated carbocycles. The molecule has 0 aromatic heterocycles. The van der Waals surface area contributed by atoms with Crippen LogP contribution in [0, 0.1) is 9.81 Å². The summed E-state index contributed by atoms with van der Waals surface area (Å²) >= 11 is 0. The number of rotatable bonds is 4. The van der Waals surface area contributed by atoms with E-state index < -0.39 is 12.1 Å². The van der Waals surface area contributed by atoms with Crippen molar-refractivity contribution in [3.8, 4) is 0 Å². The summed E-state index contributed by atoms with van der Waals surface area (Å²) in [4.78, 5) is 20.7. The van der Waals surface area contributed by atoms with Crippen molar-refractivity contribution in [3.63, 3.8) is 0 Å². The Balaban J connectivity index is 2.90. The Morgan fingerprint density at radius 1 is 1.08 bits per heavy atom. The van der Waals surface area contributed by atoms with Gasteiger partial charge in [0.05, 0.1) is 0 Å². The average Bonchev–Trinajstić information content (AvgIpc) is 2.20. The second-order valence-electron chi connectivity index (χ2n) is 2.81. The van der Waals surface area contributed by atoms with Crippen molar-refractivity contribution in [3.05, 3.63) is 45.7 Å². The van der Waals surface area contributed by atoms with Gasteiger partial charge in [0.15, 0.2) is 0 Å². The highest BCUT2D eigenvalue weighted by Gasteiger charge is 2.20. The smallest absolute Gasteiger partial charge is 0.142 e. The van der Waals surface area contributed by atoms with Gasteiger partial charge < -0.3 is 0 Å². The average molecular weight is 178 g/mol. The Morgan fingerprint density at radius 2 is 1.69 bits per heavy atom. The number of benzene rings is 1. The second kappa shape index (κ2) is 4.45. The van der Waals surface area contributed by atoms with Crippen LogP contribution in [-0.4, -0.2) is 6.04 Å². The molecule has 0 aliphatic rings. The van der Waals surface area contributed by atoms with Crippen LogP contribution in [0.25, 0.3) is 0 Å². The molecule has 13 heavy (non-hydrogen) atoms. The van der Waals surface area contributed by atoms with Crippen LogP contribution in [0.2, 0.25) is 0 Å². The molecule has 0 fully saturated rings. The third-order valence-corrected chi connectivity index (χ3v) is 1.88. The van der Waals surface area contributed by atoms with Gasteiger partial charge in [-0.3, -0.25) is 0 Å². The zero-order valence-electron chi connectivity index (χ0n) is 7.25. The van der Waals surface area contributed by atoms with Crippen molar-refractivity contribution >= 4 is 0 Å². The highest BCUT2D eigenvalue weighted by atomic mass is 16.3. The van der Waals surface area contributed by atoms with Crippen LogP contribution >= 0.6 is 0 Å². The van der Waals surface area contributed by atoms with E-state index in [0.717, 1.165) is 5.56 Å². The first-order valence-electron chi connectivity index (χ1n) is 3.99. The maximum atomic E-state index is 10.5. The SMILES string of the molecule is CC(N=O)C(N=O)c1ccccc1. The summed E-state index contributed by atoms with van der Waals surface area (Å²) < 4.78 is 0. The van der Waals surface area contributed by atoms with E-state index in [1.165, 1.54) is 0 Å². The summed E-state index contributed by atoms with van der Waals surface area (Å²) in [6.45, 7) is 1.58. The zero-order chi connectivity index (χ0) is 9.68. The Morgan fingerprint density at radius 3 is 2.15 bits per heavy atom. The van der Waals surface area contributed by atoms with Gasteiger partial charge in [-0.1, -0.05) is 40.7 Å². The van der Waals surface area contributed by atoms with Crippen LogP contribution in [-0.2, 0) is 0 Å². The minimum Gasteiger partial charge on any atom is -0.150 e.